The molecular weight excluding hydrogens is 362 g/mol. The molecule has 28 heavy (non-hydrogen) atoms. The number of hydrogen-bond donors (Lipinski definition) is 0. The summed E-state index contributed by atoms with van der Waals surface area (Å²) < 4.78 is 1.29. The Kier molecular flexibility index (Phi) is 4.91. The summed E-state index contributed by atoms with van der Waals surface area (Å²) in [5.74, 6) is 0. The quantitative estimate of drug-likeness (QED) is 0.579. The molecular formula is C24H27N3S. The van der Waals surface area contributed by atoms with E-state index in [1.165, 1.54) is 41.1 Å². The van der Waals surface area contributed by atoms with Gasteiger partial charge < -0.3 is 4.90 Å². The van der Waals surface area contributed by atoms with Crippen LogP contribution in [0, 0.1) is 0 Å². The Bertz CT molecular complexity index is 917. The summed E-state index contributed by atoms with van der Waals surface area (Å²) >= 11 is 1.82. The minimum absolute atomic E-state index is 0.604. The van der Waals surface area contributed by atoms with Gasteiger partial charge in [-0.25, -0.2) is 4.98 Å². The maximum Gasteiger partial charge on any atom is 0.186 e. The smallest absolute Gasteiger partial charge is 0.186 e. The summed E-state index contributed by atoms with van der Waals surface area (Å²) in [4.78, 5) is 10.1. The average molecular weight is 390 g/mol. The van der Waals surface area contributed by atoms with Gasteiger partial charge in [0, 0.05) is 31.7 Å². The van der Waals surface area contributed by atoms with Crippen molar-refractivity contribution in [3.05, 3.63) is 66.2 Å². The van der Waals surface area contributed by atoms with Crippen LogP contribution in [0.1, 0.15) is 31.2 Å². The van der Waals surface area contributed by atoms with Crippen LogP contribution in [-0.4, -0.2) is 41.6 Å². The van der Waals surface area contributed by atoms with Crippen molar-refractivity contribution in [3.63, 3.8) is 0 Å². The molecule has 4 heteroatoms. The number of hydrogen-bond acceptors (Lipinski definition) is 4. The molecule has 2 unspecified atom stereocenters. The zero-order valence-electron chi connectivity index (χ0n) is 16.4. The predicted molar refractivity (Wildman–Crippen MR) is 120 cm³/mol. The maximum atomic E-state index is 4.88. The second-order valence-corrected chi connectivity index (χ2v) is 9.10. The number of anilines is 1. The number of fused-ring (bicyclic) bond motifs is 3. The first-order chi connectivity index (χ1) is 13.8. The number of aromatic nitrogens is 1. The molecule has 2 aliphatic heterocycles. The van der Waals surface area contributed by atoms with Crippen molar-refractivity contribution in [1.82, 2.24) is 9.88 Å². The zero-order chi connectivity index (χ0) is 18.9. The molecule has 2 saturated heterocycles. The maximum absolute atomic E-state index is 4.88. The lowest BCUT2D eigenvalue weighted by Gasteiger charge is -2.41. The van der Waals surface area contributed by atoms with Crippen molar-refractivity contribution in [3.8, 4) is 0 Å². The molecule has 3 nitrogen and oxygen atoms in total. The Morgan fingerprint density at radius 2 is 1.75 bits per heavy atom. The highest BCUT2D eigenvalue weighted by Gasteiger charge is 2.41. The monoisotopic (exact) mass is 389 g/mol. The number of para-hydroxylation sites is 1. The number of piperidine rings is 1. The van der Waals surface area contributed by atoms with Crippen LogP contribution >= 0.6 is 11.3 Å². The summed E-state index contributed by atoms with van der Waals surface area (Å²) in [7, 11) is 2.24. The van der Waals surface area contributed by atoms with Gasteiger partial charge in [-0.05, 0) is 43.4 Å². The van der Waals surface area contributed by atoms with Gasteiger partial charge in [-0.2, -0.15) is 0 Å². The summed E-state index contributed by atoms with van der Waals surface area (Å²) in [6.07, 6.45) is 9.79. The number of rotatable bonds is 5. The van der Waals surface area contributed by atoms with Crippen LogP contribution in [-0.2, 0) is 0 Å². The first-order valence-electron chi connectivity index (χ1n) is 10.3. The molecule has 0 amide bonds. The van der Waals surface area contributed by atoms with E-state index in [9.17, 15) is 0 Å². The Morgan fingerprint density at radius 1 is 1.04 bits per heavy atom. The van der Waals surface area contributed by atoms with Gasteiger partial charge in [-0.3, -0.25) is 4.90 Å². The summed E-state index contributed by atoms with van der Waals surface area (Å²) in [6.45, 7) is 1.07. The first kappa shape index (κ1) is 17.9. The van der Waals surface area contributed by atoms with Crippen LogP contribution in [0.5, 0.6) is 0 Å². The van der Waals surface area contributed by atoms with E-state index in [1.807, 2.05) is 11.3 Å². The molecule has 2 aliphatic rings. The number of benzene rings is 2. The zero-order valence-corrected chi connectivity index (χ0v) is 17.2. The normalized spacial score (nSPS) is 25.0. The van der Waals surface area contributed by atoms with Crippen LogP contribution < -0.4 is 4.90 Å². The van der Waals surface area contributed by atoms with Crippen molar-refractivity contribution < 1.29 is 0 Å². The third-order valence-corrected chi connectivity index (χ3v) is 7.54. The number of thiazole rings is 1. The van der Waals surface area contributed by atoms with E-state index in [0.29, 0.717) is 18.1 Å². The van der Waals surface area contributed by atoms with Gasteiger partial charge in [0.25, 0.3) is 0 Å². The van der Waals surface area contributed by atoms with Crippen LogP contribution in [0.2, 0.25) is 0 Å². The second-order valence-electron chi connectivity index (χ2n) is 8.10. The molecule has 1 aromatic heterocycles. The molecule has 2 aromatic carbocycles. The molecule has 144 valence electrons. The SMILES string of the molecule is CN(c1nc2ccccc2s1)C1CC2CCC(C1)N2C/C=C/c1ccccc1. The molecule has 0 N–H and O–H groups in total. The van der Waals surface area contributed by atoms with E-state index in [0.717, 1.165) is 12.1 Å². The molecule has 0 aliphatic carbocycles. The van der Waals surface area contributed by atoms with Crippen molar-refractivity contribution in [1.29, 1.82) is 0 Å². The van der Waals surface area contributed by atoms with E-state index in [1.54, 1.807) is 0 Å². The number of nitrogens with zero attached hydrogens (tertiary/aromatic N) is 3. The molecule has 3 heterocycles. The minimum atomic E-state index is 0.604. The Labute approximate surface area is 171 Å². The lowest BCUT2D eigenvalue weighted by atomic mass is 9.96. The average Bonchev–Trinajstić information content (AvgIpc) is 3.26. The lowest BCUT2D eigenvalue weighted by Crippen LogP contribution is -2.49. The Balaban J connectivity index is 1.25. The van der Waals surface area contributed by atoms with Crippen molar-refractivity contribution in [2.45, 2.75) is 43.8 Å². The highest BCUT2D eigenvalue weighted by atomic mass is 32.1. The van der Waals surface area contributed by atoms with Gasteiger partial charge in [0.2, 0.25) is 0 Å². The third kappa shape index (κ3) is 3.47. The molecule has 2 bridgehead atoms. The van der Waals surface area contributed by atoms with Crippen molar-refractivity contribution in [2.24, 2.45) is 0 Å². The standard InChI is InChI=1S/C24H27N3S/c1-26(24-25-22-11-5-6-12-23(22)28-24)21-16-19-13-14-20(17-21)27(19)15-7-10-18-8-3-2-4-9-18/h2-12,19-21H,13-17H2,1H3/b10-7+. The first-order valence-corrected chi connectivity index (χ1v) is 11.2. The molecule has 0 saturated carbocycles. The predicted octanol–water partition coefficient (Wildman–Crippen LogP) is 5.44. The van der Waals surface area contributed by atoms with Gasteiger partial charge in [0.15, 0.2) is 5.13 Å². The third-order valence-electron chi connectivity index (χ3n) is 6.42. The highest BCUT2D eigenvalue weighted by molar-refractivity contribution is 7.22. The Hall–Kier alpha value is -2.17. The largest absolute Gasteiger partial charge is 0.348 e. The fourth-order valence-corrected chi connectivity index (χ4v) is 5.90. The van der Waals surface area contributed by atoms with Crippen molar-refractivity contribution in [2.75, 3.05) is 18.5 Å². The van der Waals surface area contributed by atoms with Crippen LogP contribution in [0.4, 0.5) is 5.13 Å². The van der Waals surface area contributed by atoms with Gasteiger partial charge >= 0.3 is 0 Å². The Morgan fingerprint density at radius 3 is 2.50 bits per heavy atom. The molecule has 2 atom stereocenters. The van der Waals surface area contributed by atoms with E-state index in [-0.39, 0.29) is 0 Å². The molecule has 2 fully saturated rings. The van der Waals surface area contributed by atoms with Crippen LogP contribution in [0.25, 0.3) is 16.3 Å². The van der Waals surface area contributed by atoms with E-state index in [4.69, 9.17) is 4.98 Å². The molecule has 0 radical (unpaired) electrons. The molecule has 0 spiro atoms. The summed E-state index contributed by atoms with van der Waals surface area (Å²) in [5, 5.41) is 1.17. The fraction of sp³-hybridized carbons (Fsp3) is 0.375. The lowest BCUT2D eigenvalue weighted by molar-refractivity contribution is 0.142. The van der Waals surface area contributed by atoms with Crippen LogP contribution in [0.15, 0.2) is 60.7 Å². The van der Waals surface area contributed by atoms with Crippen LogP contribution in [0.3, 0.4) is 0 Å². The van der Waals surface area contributed by atoms with Gasteiger partial charge in [-0.1, -0.05) is 66.0 Å². The summed E-state index contributed by atoms with van der Waals surface area (Å²) in [6, 6.07) is 21.1. The van der Waals surface area contributed by atoms with Gasteiger partial charge in [-0.15, -0.1) is 0 Å². The van der Waals surface area contributed by atoms with Gasteiger partial charge in [0.05, 0.1) is 10.2 Å². The summed E-state index contributed by atoms with van der Waals surface area (Å²) in [5.41, 5.74) is 2.42. The van der Waals surface area contributed by atoms with Gasteiger partial charge in [0.1, 0.15) is 0 Å². The van der Waals surface area contributed by atoms with E-state index < -0.39 is 0 Å². The highest BCUT2D eigenvalue weighted by Crippen LogP contribution is 2.39. The minimum Gasteiger partial charge on any atom is -0.348 e. The topological polar surface area (TPSA) is 19.4 Å². The van der Waals surface area contributed by atoms with Crippen molar-refractivity contribution >= 4 is 32.8 Å². The molecule has 3 aromatic rings. The second kappa shape index (κ2) is 7.69. The molecule has 5 rings (SSSR count). The fourth-order valence-electron chi connectivity index (χ4n) is 4.90. The van der Waals surface area contributed by atoms with E-state index >= 15 is 0 Å². The van der Waals surface area contributed by atoms with E-state index in [2.05, 4.69) is 83.6 Å².